The van der Waals surface area contributed by atoms with E-state index in [1.54, 1.807) is 6.92 Å². The molecule has 2 rings (SSSR count). The van der Waals surface area contributed by atoms with Gasteiger partial charge >= 0.3 is 11.9 Å². The van der Waals surface area contributed by atoms with Gasteiger partial charge in [0, 0.05) is 36.0 Å². The van der Waals surface area contributed by atoms with Crippen LogP contribution in [-0.2, 0) is 9.53 Å². The second-order valence-electron chi connectivity index (χ2n) is 6.42. The number of carbonyl (C=O) groups is 2. The molecular weight excluding hydrogens is 500 g/mol. The molecule has 172 valence electrons. The summed E-state index contributed by atoms with van der Waals surface area (Å²) in [7, 11) is 0. The predicted molar refractivity (Wildman–Crippen MR) is 129 cm³/mol. The minimum absolute atomic E-state index is 0.00989. The van der Waals surface area contributed by atoms with E-state index in [1.807, 2.05) is 24.3 Å². The summed E-state index contributed by atoms with van der Waals surface area (Å²) in [6.45, 7) is 3.29. The monoisotopic (exact) mass is 524 g/mol. The molecule has 5 N–H and O–H groups in total. The molecule has 0 aliphatic heterocycles. The van der Waals surface area contributed by atoms with Crippen LogP contribution in [0.2, 0.25) is 0 Å². The Morgan fingerprint density at radius 2 is 2.00 bits per heavy atom. The van der Waals surface area contributed by atoms with Crippen LogP contribution in [0, 0.1) is 0 Å². The lowest BCUT2D eigenvalue weighted by Crippen LogP contribution is -2.37. The molecule has 0 atom stereocenters. The number of carboxylic acid groups (broad SMARTS) is 1. The van der Waals surface area contributed by atoms with E-state index in [2.05, 4.69) is 47.2 Å². The van der Waals surface area contributed by atoms with E-state index in [-0.39, 0.29) is 25.1 Å². The van der Waals surface area contributed by atoms with E-state index in [0.717, 1.165) is 10.2 Å². The molecule has 10 nitrogen and oxygen atoms in total. The van der Waals surface area contributed by atoms with E-state index in [0.29, 0.717) is 36.4 Å². The zero-order valence-corrected chi connectivity index (χ0v) is 19.9. The first-order valence-corrected chi connectivity index (χ1v) is 11.1. The van der Waals surface area contributed by atoms with Crippen LogP contribution in [0.4, 0.5) is 17.5 Å². The first-order chi connectivity index (χ1) is 15.4. The normalized spacial score (nSPS) is 10.2. The largest absolute Gasteiger partial charge is 0.481 e. The maximum Gasteiger partial charge on any atom is 0.343 e. The Kier molecular flexibility index (Phi) is 10.6. The molecule has 2 aromatic rings. The highest BCUT2D eigenvalue weighted by atomic mass is 79.9. The van der Waals surface area contributed by atoms with Crippen molar-refractivity contribution in [1.29, 1.82) is 0 Å². The van der Waals surface area contributed by atoms with Crippen LogP contribution in [0.1, 0.15) is 30.1 Å². The predicted octanol–water partition coefficient (Wildman–Crippen LogP) is 2.90. The van der Waals surface area contributed by atoms with E-state index in [1.165, 1.54) is 6.20 Å². The fourth-order valence-electron chi connectivity index (χ4n) is 2.47. The second kappa shape index (κ2) is 13.4. The fraction of sp³-hybridized carbons (Fsp3) is 0.350. The summed E-state index contributed by atoms with van der Waals surface area (Å²) in [6.07, 6.45) is 2.08. The summed E-state index contributed by atoms with van der Waals surface area (Å²) < 4.78 is 6.00. The first kappa shape index (κ1) is 25.3. The highest BCUT2D eigenvalue weighted by Crippen LogP contribution is 2.21. The molecule has 0 aliphatic rings. The lowest BCUT2D eigenvalue weighted by Gasteiger charge is -2.13. The summed E-state index contributed by atoms with van der Waals surface area (Å²) in [5.74, 6) is -0.704. The number of nitrogens with zero attached hydrogens (tertiary/aromatic N) is 2. The van der Waals surface area contributed by atoms with Gasteiger partial charge in [-0.15, -0.1) is 0 Å². The molecule has 1 aromatic heterocycles. The molecule has 1 heterocycles. The first-order valence-electron chi connectivity index (χ1n) is 9.93. The Bertz CT molecular complexity index is 946. The smallest absolute Gasteiger partial charge is 0.343 e. The van der Waals surface area contributed by atoms with Crippen LogP contribution in [0.25, 0.3) is 0 Å². The maximum atomic E-state index is 12.3. The summed E-state index contributed by atoms with van der Waals surface area (Å²) in [5, 5.41) is 21.1. The van der Waals surface area contributed by atoms with Crippen LogP contribution in [0.3, 0.4) is 0 Å². The number of ether oxygens (including phenoxy) is 1. The Hall–Kier alpha value is -2.99. The number of thiocarbonyl (C=S) groups is 1. The number of esters is 1. The Balaban J connectivity index is 1.94. The van der Waals surface area contributed by atoms with E-state index >= 15 is 0 Å². The molecule has 12 heteroatoms. The molecule has 0 amide bonds. The number of nitrogens with one attached hydrogen (secondary N) is 4. The van der Waals surface area contributed by atoms with Crippen molar-refractivity contribution in [2.24, 2.45) is 0 Å². The van der Waals surface area contributed by atoms with E-state index in [9.17, 15) is 9.59 Å². The van der Waals surface area contributed by atoms with Gasteiger partial charge in [-0.25, -0.2) is 9.78 Å². The van der Waals surface area contributed by atoms with Crippen molar-refractivity contribution in [2.75, 3.05) is 36.9 Å². The van der Waals surface area contributed by atoms with E-state index in [4.69, 9.17) is 22.1 Å². The van der Waals surface area contributed by atoms with E-state index < -0.39 is 11.9 Å². The Morgan fingerprint density at radius 1 is 1.22 bits per heavy atom. The average molecular weight is 525 g/mol. The Morgan fingerprint density at radius 3 is 2.72 bits per heavy atom. The standard InChI is InChI=1S/C20H25BrN6O4S/c1-2-31-18(30)15-12-25-19(26-14-6-3-5-13(21)11-14)27-17(15)22-8-4-9-23-20(32)24-10-7-16(28)29/h3,5-6,11-12H,2,4,7-10H2,1H3,(H,28,29)(H2,23,24,32)(H2,22,25,26,27). The lowest BCUT2D eigenvalue weighted by atomic mass is 10.3. The third-order valence-electron chi connectivity index (χ3n) is 3.92. The van der Waals surface area contributed by atoms with Crippen LogP contribution >= 0.6 is 28.1 Å². The SMILES string of the molecule is CCOC(=O)c1cnc(Nc2cccc(Br)c2)nc1NCCCNC(=S)NCCC(=O)O. The molecule has 0 bridgehead atoms. The van der Waals surface area contributed by atoms with Crippen molar-refractivity contribution < 1.29 is 19.4 Å². The van der Waals surface area contributed by atoms with Gasteiger partial charge in [0.05, 0.1) is 13.0 Å². The molecule has 0 radical (unpaired) electrons. The van der Waals surface area contributed by atoms with Crippen LogP contribution < -0.4 is 21.3 Å². The molecule has 0 saturated carbocycles. The third kappa shape index (κ3) is 9.02. The molecule has 0 saturated heterocycles. The number of carbonyl (C=O) groups excluding carboxylic acids is 1. The van der Waals surface area contributed by atoms with Crippen molar-refractivity contribution in [2.45, 2.75) is 19.8 Å². The highest BCUT2D eigenvalue weighted by Gasteiger charge is 2.16. The fourth-order valence-corrected chi connectivity index (χ4v) is 3.08. The quantitative estimate of drug-likeness (QED) is 0.159. The number of carboxylic acids is 1. The lowest BCUT2D eigenvalue weighted by molar-refractivity contribution is -0.136. The zero-order chi connectivity index (χ0) is 23.3. The topological polar surface area (TPSA) is 138 Å². The number of benzene rings is 1. The van der Waals surface area contributed by atoms with Gasteiger partial charge in [-0.3, -0.25) is 4.79 Å². The summed E-state index contributed by atoms with van der Waals surface area (Å²) in [4.78, 5) is 31.4. The van der Waals surface area contributed by atoms with Gasteiger partial charge in [-0.05, 0) is 43.8 Å². The number of aromatic nitrogens is 2. The van der Waals surface area contributed by atoms with Crippen molar-refractivity contribution in [1.82, 2.24) is 20.6 Å². The van der Waals surface area contributed by atoms with Gasteiger partial charge in [-0.2, -0.15) is 4.98 Å². The number of hydrogen-bond acceptors (Lipinski definition) is 8. The van der Waals surface area contributed by atoms with Crippen molar-refractivity contribution in [3.63, 3.8) is 0 Å². The minimum atomic E-state index is -0.888. The number of anilines is 3. The molecule has 32 heavy (non-hydrogen) atoms. The van der Waals surface area contributed by atoms with Crippen molar-refractivity contribution in [3.05, 3.63) is 40.5 Å². The molecule has 1 aromatic carbocycles. The summed E-state index contributed by atoms with van der Waals surface area (Å²) in [5.41, 5.74) is 1.03. The van der Waals surface area contributed by atoms with Crippen LogP contribution in [-0.4, -0.2) is 58.4 Å². The van der Waals surface area contributed by atoms with Crippen molar-refractivity contribution >= 4 is 62.7 Å². The summed E-state index contributed by atoms with van der Waals surface area (Å²) in [6, 6.07) is 7.55. The van der Waals surface area contributed by atoms with Gasteiger partial charge in [0.25, 0.3) is 0 Å². The molecular formula is C20H25BrN6O4S. The molecule has 0 unspecified atom stereocenters. The maximum absolute atomic E-state index is 12.3. The van der Waals surface area contributed by atoms with Gasteiger partial charge in [0.15, 0.2) is 5.11 Å². The number of halogens is 1. The zero-order valence-electron chi connectivity index (χ0n) is 17.5. The van der Waals surface area contributed by atoms with Crippen LogP contribution in [0.5, 0.6) is 0 Å². The highest BCUT2D eigenvalue weighted by molar-refractivity contribution is 9.10. The average Bonchev–Trinajstić information content (AvgIpc) is 2.73. The van der Waals surface area contributed by atoms with Gasteiger partial charge in [0.1, 0.15) is 11.4 Å². The van der Waals surface area contributed by atoms with Gasteiger partial charge in [-0.1, -0.05) is 22.0 Å². The molecule has 0 spiro atoms. The van der Waals surface area contributed by atoms with Gasteiger partial charge < -0.3 is 31.1 Å². The van der Waals surface area contributed by atoms with Gasteiger partial charge in [0.2, 0.25) is 5.95 Å². The number of hydrogen-bond donors (Lipinski definition) is 5. The number of rotatable bonds is 12. The Labute approximate surface area is 199 Å². The van der Waals surface area contributed by atoms with Crippen LogP contribution in [0.15, 0.2) is 34.9 Å². The number of aliphatic carboxylic acids is 1. The third-order valence-corrected chi connectivity index (χ3v) is 4.70. The minimum Gasteiger partial charge on any atom is -0.481 e. The molecule has 0 aliphatic carbocycles. The van der Waals surface area contributed by atoms with Crippen molar-refractivity contribution in [3.8, 4) is 0 Å². The summed E-state index contributed by atoms with van der Waals surface area (Å²) >= 11 is 8.51. The molecule has 0 fully saturated rings. The second-order valence-corrected chi connectivity index (χ2v) is 7.74.